The largest absolute Gasteiger partial charge is 0.488 e. The Morgan fingerprint density at radius 1 is 1.00 bits per heavy atom. The van der Waals surface area contributed by atoms with E-state index in [0.717, 1.165) is 42.2 Å². The second-order valence-electron chi connectivity index (χ2n) is 10.5. The van der Waals surface area contributed by atoms with Gasteiger partial charge in [0.1, 0.15) is 13.2 Å². The molecule has 0 amide bonds. The number of hydrogen-bond acceptors (Lipinski definition) is 4. The van der Waals surface area contributed by atoms with Gasteiger partial charge in [0.25, 0.3) is 0 Å². The summed E-state index contributed by atoms with van der Waals surface area (Å²) in [6.07, 6.45) is 10.0. The molecule has 2 aromatic carbocycles. The molecule has 1 aromatic heterocycles. The molecule has 2 aliphatic heterocycles. The zero-order valence-corrected chi connectivity index (χ0v) is 22.2. The SMILES string of the molecule is Cl.O=C(O)c1ccc2c(C3CCCCC3)c3n(c2c1)CCOc1c(OCCN2CCCCC2)cccc1-3. The number of aromatic carboxylic acids is 1. The number of nitrogens with zero attached hydrogens (tertiary/aromatic N) is 2. The van der Waals surface area contributed by atoms with Crippen LogP contribution in [0.25, 0.3) is 22.2 Å². The molecule has 1 N–H and O–H groups in total. The molecule has 3 aliphatic rings. The molecular formula is C30H37ClN2O4. The maximum Gasteiger partial charge on any atom is 0.335 e. The number of rotatable bonds is 6. The minimum Gasteiger partial charge on any atom is -0.488 e. The Kier molecular flexibility index (Phi) is 7.96. The Morgan fingerprint density at radius 3 is 2.57 bits per heavy atom. The van der Waals surface area contributed by atoms with Crippen molar-refractivity contribution in [2.45, 2.75) is 63.8 Å². The van der Waals surface area contributed by atoms with Crippen LogP contribution in [0.15, 0.2) is 36.4 Å². The van der Waals surface area contributed by atoms with Crippen LogP contribution in [0, 0.1) is 0 Å². The van der Waals surface area contributed by atoms with Gasteiger partial charge in [-0.3, -0.25) is 4.90 Å². The number of carbonyl (C=O) groups is 1. The first-order chi connectivity index (χ1) is 17.7. The standard InChI is InChI=1S/C30H36N2O4.ClH/c33-30(34)22-12-13-23-25(20-22)32-17-19-36-29-24(28(32)27(23)21-8-3-1-4-9-21)10-7-11-26(29)35-18-16-31-14-5-2-6-15-31;/h7,10-13,20-21H,1-6,8-9,14-19H2,(H,33,34);1H. The van der Waals surface area contributed by atoms with Gasteiger partial charge in [-0.15, -0.1) is 12.4 Å². The van der Waals surface area contributed by atoms with Crippen molar-refractivity contribution >= 4 is 29.3 Å². The van der Waals surface area contributed by atoms with Crippen molar-refractivity contribution in [3.05, 3.63) is 47.5 Å². The lowest BCUT2D eigenvalue weighted by Crippen LogP contribution is -2.33. The van der Waals surface area contributed by atoms with Crippen molar-refractivity contribution in [3.63, 3.8) is 0 Å². The van der Waals surface area contributed by atoms with Crippen LogP contribution in [0.1, 0.15) is 73.2 Å². The number of carboxylic acids is 1. The van der Waals surface area contributed by atoms with Crippen LogP contribution in [-0.4, -0.2) is 53.4 Å². The van der Waals surface area contributed by atoms with Crippen LogP contribution in [-0.2, 0) is 6.54 Å². The van der Waals surface area contributed by atoms with Crippen molar-refractivity contribution in [3.8, 4) is 22.8 Å². The predicted octanol–water partition coefficient (Wildman–Crippen LogP) is 6.73. The Morgan fingerprint density at radius 2 is 1.78 bits per heavy atom. The van der Waals surface area contributed by atoms with Gasteiger partial charge in [-0.1, -0.05) is 37.8 Å². The van der Waals surface area contributed by atoms with E-state index in [-0.39, 0.29) is 12.4 Å². The number of aromatic nitrogens is 1. The van der Waals surface area contributed by atoms with Crippen molar-refractivity contribution in [2.24, 2.45) is 0 Å². The van der Waals surface area contributed by atoms with Crippen LogP contribution < -0.4 is 9.47 Å². The Labute approximate surface area is 225 Å². The van der Waals surface area contributed by atoms with E-state index in [1.807, 2.05) is 18.2 Å². The molecule has 1 saturated carbocycles. The first-order valence-corrected chi connectivity index (χ1v) is 13.7. The Bertz CT molecular complexity index is 1260. The van der Waals surface area contributed by atoms with Crippen LogP contribution in [0.5, 0.6) is 11.5 Å². The van der Waals surface area contributed by atoms with Gasteiger partial charge in [0, 0.05) is 23.0 Å². The summed E-state index contributed by atoms with van der Waals surface area (Å²) in [6.45, 7) is 5.13. The summed E-state index contributed by atoms with van der Waals surface area (Å²) in [5.74, 6) is 1.22. The van der Waals surface area contributed by atoms with Gasteiger partial charge >= 0.3 is 5.97 Å². The maximum absolute atomic E-state index is 11.8. The second kappa shape index (κ2) is 11.4. The van der Waals surface area contributed by atoms with Crippen LogP contribution in [0.4, 0.5) is 0 Å². The fraction of sp³-hybridized carbons (Fsp3) is 0.500. The van der Waals surface area contributed by atoms with Crippen LogP contribution in [0.2, 0.25) is 0 Å². The van der Waals surface area contributed by atoms with Gasteiger partial charge in [0.05, 0.1) is 17.8 Å². The van der Waals surface area contributed by atoms with E-state index in [0.29, 0.717) is 31.2 Å². The number of para-hydroxylation sites is 1. The van der Waals surface area contributed by atoms with Crippen LogP contribution in [0.3, 0.4) is 0 Å². The number of fused-ring (bicyclic) bond motifs is 5. The monoisotopic (exact) mass is 524 g/mol. The predicted molar refractivity (Wildman–Crippen MR) is 149 cm³/mol. The molecule has 1 aliphatic carbocycles. The number of hydrogen-bond donors (Lipinski definition) is 1. The molecule has 0 spiro atoms. The van der Waals surface area contributed by atoms with E-state index in [4.69, 9.17) is 9.47 Å². The number of likely N-dealkylation sites (tertiary alicyclic amines) is 1. The topological polar surface area (TPSA) is 63.9 Å². The first-order valence-electron chi connectivity index (χ1n) is 13.7. The summed E-state index contributed by atoms with van der Waals surface area (Å²) >= 11 is 0. The lowest BCUT2D eigenvalue weighted by atomic mass is 9.81. The van der Waals surface area contributed by atoms with Crippen molar-refractivity contribution in [1.82, 2.24) is 9.47 Å². The number of benzene rings is 2. The summed E-state index contributed by atoms with van der Waals surface area (Å²) in [4.78, 5) is 14.3. The van der Waals surface area contributed by atoms with E-state index >= 15 is 0 Å². The molecule has 0 unspecified atom stereocenters. The molecule has 0 bridgehead atoms. The van der Waals surface area contributed by atoms with Gasteiger partial charge in [0.2, 0.25) is 0 Å². The Balaban J connectivity index is 0.00000280. The van der Waals surface area contributed by atoms with E-state index in [2.05, 4.69) is 21.6 Å². The van der Waals surface area contributed by atoms with Gasteiger partial charge in [-0.2, -0.15) is 0 Å². The zero-order chi connectivity index (χ0) is 24.5. The number of carboxylic acid groups (broad SMARTS) is 1. The molecule has 7 heteroatoms. The summed E-state index contributed by atoms with van der Waals surface area (Å²) in [7, 11) is 0. The molecule has 2 fully saturated rings. The number of halogens is 1. The highest BCUT2D eigenvalue weighted by molar-refractivity contribution is 5.99. The van der Waals surface area contributed by atoms with Crippen LogP contribution >= 0.6 is 12.4 Å². The molecule has 1 saturated heterocycles. The quantitative estimate of drug-likeness (QED) is 0.387. The highest BCUT2D eigenvalue weighted by Crippen LogP contribution is 2.49. The normalized spacial score (nSPS) is 18.3. The third kappa shape index (κ3) is 5.06. The summed E-state index contributed by atoms with van der Waals surface area (Å²) in [6, 6.07) is 11.9. The fourth-order valence-corrected chi connectivity index (χ4v) is 6.51. The molecule has 198 valence electrons. The summed E-state index contributed by atoms with van der Waals surface area (Å²) in [5.41, 5.74) is 4.94. The molecule has 0 radical (unpaired) electrons. The van der Waals surface area contributed by atoms with Gasteiger partial charge in [-0.25, -0.2) is 4.79 Å². The molecule has 6 rings (SSSR count). The maximum atomic E-state index is 11.8. The fourth-order valence-electron chi connectivity index (χ4n) is 6.51. The lowest BCUT2D eigenvalue weighted by molar-refractivity contribution is 0.0697. The second-order valence-corrected chi connectivity index (χ2v) is 10.5. The molecule has 3 aromatic rings. The first kappa shape index (κ1) is 25.9. The third-order valence-electron chi connectivity index (χ3n) is 8.27. The zero-order valence-electron chi connectivity index (χ0n) is 21.4. The summed E-state index contributed by atoms with van der Waals surface area (Å²) < 4.78 is 15.0. The molecule has 3 heterocycles. The molecule has 6 nitrogen and oxygen atoms in total. The third-order valence-corrected chi connectivity index (χ3v) is 8.27. The minimum atomic E-state index is -0.888. The highest BCUT2D eigenvalue weighted by Gasteiger charge is 2.30. The smallest absolute Gasteiger partial charge is 0.335 e. The lowest BCUT2D eigenvalue weighted by Gasteiger charge is -2.26. The highest BCUT2D eigenvalue weighted by atomic mass is 35.5. The molecule has 0 atom stereocenters. The van der Waals surface area contributed by atoms with E-state index in [9.17, 15) is 9.90 Å². The Hall–Kier alpha value is -2.70. The number of piperidine rings is 1. The van der Waals surface area contributed by atoms with E-state index in [1.165, 1.54) is 68.0 Å². The average molecular weight is 525 g/mol. The van der Waals surface area contributed by atoms with Gasteiger partial charge < -0.3 is 19.1 Å². The van der Waals surface area contributed by atoms with Gasteiger partial charge in [0.15, 0.2) is 11.5 Å². The van der Waals surface area contributed by atoms with Crippen molar-refractivity contribution in [1.29, 1.82) is 0 Å². The molecule has 37 heavy (non-hydrogen) atoms. The van der Waals surface area contributed by atoms with E-state index in [1.54, 1.807) is 6.07 Å². The van der Waals surface area contributed by atoms with E-state index < -0.39 is 5.97 Å². The van der Waals surface area contributed by atoms with Gasteiger partial charge in [-0.05, 0) is 74.5 Å². The summed E-state index contributed by atoms with van der Waals surface area (Å²) in [5, 5.41) is 10.9. The molecular weight excluding hydrogens is 488 g/mol. The van der Waals surface area contributed by atoms with Crippen molar-refractivity contribution < 1.29 is 19.4 Å². The van der Waals surface area contributed by atoms with Crippen molar-refractivity contribution in [2.75, 3.05) is 32.8 Å². The minimum absolute atomic E-state index is 0. The average Bonchev–Trinajstić information content (AvgIpc) is 3.10. The number of ether oxygens (including phenoxy) is 2.